The van der Waals surface area contributed by atoms with E-state index in [9.17, 15) is 9.90 Å². The molecular weight excluding hydrogens is 274 g/mol. The number of piperidine rings is 1. The third kappa shape index (κ3) is 3.70. The molecule has 0 saturated carbocycles. The van der Waals surface area contributed by atoms with Crippen LogP contribution in [0.3, 0.4) is 0 Å². The van der Waals surface area contributed by atoms with E-state index >= 15 is 0 Å². The maximum absolute atomic E-state index is 11.8. The molecule has 2 rings (SSSR count). The number of phenolic OH excluding ortho intramolecular Hbond substituents is 1. The molecule has 3 heteroatoms. The molecule has 3 nitrogen and oxygen atoms in total. The highest BCUT2D eigenvalue weighted by Crippen LogP contribution is 2.40. The second kappa shape index (κ2) is 6.82. The Kier molecular flexibility index (Phi) is 5.28. The molecule has 0 bridgehead atoms. The van der Waals surface area contributed by atoms with Crippen molar-refractivity contribution in [3.8, 4) is 5.75 Å². The van der Waals surface area contributed by atoms with Crippen LogP contribution in [0, 0.1) is 11.8 Å². The van der Waals surface area contributed by atoms with Gasteiger partial charge in [-0.3, -0.25) is 4.79 Å². The molecule has 1 aromatic carbocycles. The molecule has 1 N–H and O–H groups in total. The lowest BCUT2D eigenvalue weighted by Crippen LogP contribution is -2.47. The molecule has 1 aromatic rings. The zero-order valence-corrected chi connectivity index (χ0v) is 14.3. The summed E-state index contributed by atoms with van der Waals surface area (Å²) in [4.78, 5) is 14.2. The number of hydrogen-bond donors (Lipinski definition) is 1. The fraction of sp³-hybridized carbons (Fsp3) is 0.632. The van der Waals surface area contributed by atoms with E-state index < -0.39 is 0 Å². The van der Waals surface area contributed by atoms with Crippen molar-refractivity contribution in [1.29, 1.82) is 0 Å². The summed E-state index contributed by atoms with van der Waals surface area (Å²) in [6.45, 7) is 11.4. The molecule has 1 saturated heterocycles. The van der Waals surface area contributed by atoms with E-state index in [0.717, 1.165) is 26.1 Å². The van der Waals surface area contributed by atoms with E-state index in [0.29, 0.717) is 23.9 Å². The average molecular weight is 303 g/mol. The second-order valence-corrected chi connectivity index (χ2v) is 7.29. The molecule has 0 aliphatic carbocycles. The Bertz CT molecular complexity index is 526. The highest BCUT2D eigenvalue weighted by molar-refractivity contribution is 5.80. The van der Waals surface area contributed by atoms with Crippen molar-refractivity contribution in [1.82, 2.24) is 4.90 Å². The van der Waals surface area contributed by atoms with E-state index in [4.69, 9.17) is 0 Å². The minimum atomic E-state index is 0.0945. The number of ketones is 1. The van der Waals surface area contributed by atoms with Crippen LogP contribution in [-0.4, -0.2) is 35.4 Å². The predicted molar refractivity (Wildman–Crippen MR) is 90.1 cm³/mol. The first-order valence-electron chi connectivity index (χ1n) is 8.37. The maximum atomic E-state index is 11.8. The lowest BCUT2D eigenvalue weighted by Gasteiger charge is -2.45. The highest BCUT2D eigenvalue weighted by Gasteiger charge is 2.38. The van der Waals surface area contributed by atoms with Gasteiger partial charge in [0.25, 0.3) is 0 Å². The van der Waals surface area contributed by atoms with Gasteiger partial charge in [-0.25, -0.2) is 0 Å². The first kappa shape index (κ1) is 17.0. The molecule has 1 heterocycles. The van der Waals surface area contributed by atoms with Crippen LogP contribution in [-0.2, 0) is 10.2 Å². The predicted octanol–water partition coefficient (Wildman–Crippen LogP) is 3.61. The summed E-state index contributed by atoms with van der Waals surface area (Å²) in [5, 5.41) is 9.75. The van der Waals surface area contributed by atoms with Gasteiger partial charge in [0.15, 0.2) is 0 Å². The normalized spacial score (nSPS) is 26.3. The Morgan fingerprint density at radius 1 is 1.45 bits per heavy atom. The van der Waals surface area contributed by atoms with Crippen LogP contribution in [0.25, 0.3) is 0 Å². The lowest BCUT2D eigenvalue weighted by molar-refractivity contribution is -0.122. The van der Waals surface area contributed by atoms with E-state index in [1.807, 2.05) is 26.0 Å². The molecule has 2 atom stereocenters. The van der Waals surface area contributed by atoms with Crippen LogP contribution in [0.2, 0.25) is 0 Å². The largest absolute Gasteiger partial charge is 0.508 e. The molecule has 0 aromatic heterocycles. The Balaban J connectivity index is 1.99. The van der Waals surface area contributed by atoms with E-state index in [1.54, 1.807) is 6.07 Å². The number of Topliss-reactive ketones (excluding diaryl/α,β-unsaturated/α-hetero) is 1. The average Bonchev–Trinajstić information content (AvgIpc) is 2.48. The van der Waals surface area contributed by atoms with Gasteiger partial charge in [-0.15, -0.1) is 0 Å². The van der Waals surface area contributed by atoms with Crippen molar-refractivity contribution < 1.29 is 9.90 Å². The summed E-state index contributed by atoms with van der Waals surface area (Å²) < 4.78 is 0. The summed E-state index contributed by atoms with van der Waals surface area (Å²) in [6, 6.07) is 7.67. The standard InChI is InChI=1S/C19H29NO2/c1-14(2)18(22)8-10-20-11-9-19(4,15(3)13-20)16-6-5-7-17(21)12-16/h5-7,12,14-15,21H,8-11,13H2,1-4H3. The third-order valence-corrected chi connectivity index (χ3v) is 5.39. The highest BCUT2D eigenvalue weighted by atomic mass is 16.3. The monoisotopic (exact) mass is 303 g/mol. The van der Waals surface area contributed by atoms with Gasteiger partial charge < -0.3 is 10.0 Å². The maximum Gasteiger partial charge on any atom is 0.136 e. The summed E-state index contributed by atoms with van der Waals surface area (Å²) in [5.74, 6) is 1.34. The summed E-state index contributed by atoms with van der Waals surface area (Å²) in [5.41, 5.74) is 1.31. The Hall–Kier alpha value is -1.35. The van der Waals surface area contributed by atoms with Gasteiger partial charge >= 0.3 is 0 Å². The third-order valence-electron chi connectivity index (χ3n) is 5.39. The van der Waals surface area contributed by atoms with Crippen molar-refractivity contribution in [3.05, 3.63) is 29.8 Å². The number of rotatable bonds is 5. The van der Waals surface area contributed by atoms with E-state index in [1.165, 1.54) is 5.56 Å². The van der Waals surface area contributed by atoms with Gasteiger partial charge in [0.2, 0.25) is 0 Å². The summed E-state index contributed by atoms with van der Waals surface area (Å²) >= 11 is 0. The summed E-state index contributed by atoms with van der Waals surface area (Å²) in [7, 11) is 0. The van der Waals surface area contributed by atoms with Crippen LogP contribution in [0.1, 0.15) is 46.1 Å². The molecule has 1 fully saturated rings. The molecular formula is C19H29NO2. The molecule has 22 heavy (non-hydrogen) atoms. The first-order chi connectivity index (χ1) is 10.3. The van der Waals surface area contributed by atoms with Gasteiger partial charge in [-0.1, -0.05) is 39.8 Å². The summed E-state index contributed by atoms with van der Waals surface area (Å²) in [6.07, 6.45) is 1.72. The molecule has 1 aliphatic rings. The van der Waals surface area contributed by atoms with Crippen LogP contribution in [0.5, 0.6) is 5.75 Å². The first-order valence-corrected chi connectivity index (χ1v) is 8.37. The number of nitrogens with zero attached hydrogens (tertiary/aromatic N) is 1. The quantitative estimate of drug-likeness (QED) is 0.903. The van der Waals surface area contributed by atoms with Gasteiger partial charge in [-0.2, -0.15) is 0 Å². The smallest absolute Gasteiger partial charge is 0.136 e. The molecule has 2 unspecified atom stereocenters. The van der Waals surface area contributed by atoms with Gasteiger partial charge in [0, 0.05) is 25.4 Å². The Morgan fingerprint density at radius 3 is 2.77 bits per heavy atom. The van der Waals surface area contributed by atoms with Crippen LogP contribution in [0.4, 0.5) is 0 Å². The molecule has 0 radical (unpaired) electrons. The van der Waals surface area contributed by atoms with Gasteiger partial charge in [-0.05, 0) is 42.0 Å². The van der Waals surface area contributed by atoms with Crippen LogP contribution >= 0.6 is 0 Å². The molecule has 0 amide bonds. The molecule has 0 spiro atoms. The molecule has 1 aliphatic heterocycles. The second-order valence-electron chi connectivity index (χ2n) is 7.29. The van der Waals surface area contributed by atoms with Crippen LogP contribution in [0.15, 0.2) is 24.3 Å². The number of phenols is 1. The van der Waals surface area contributed by atoms with Crippen molar-refractivity contribution in [2.45, 2.75) is 46.0 Å². The SMILES string of the molecule is CC(C)C(=O)CCN1CCC(C)(c2cccc(O)c2)C(C)C1. The van der Waals surface area contributed by atoms with Gasteiger partial charge in [0.05, 0.1) is 0 Å². The lowest BCUT2D eigenvalue weighted by atomic mass is 9.68. The Morgan fingerprint density at radius 2 is 2.18 bits per heavy atom. The minimum absolute atomic E-state index is 0.0945. The number of aromatic hydroxyl groups is 1. The number of benzene rings is 1. The van der Waals surface area contributed by atoms with Crippen molar-refractivity contribution >= 4 is 5.78 Å². The zero-order chi connectivity index (χ0) is 16.3. The van der Waals surface area contributed by atoms with E-state index in [2.05, 4.69) is 24.8 Å². The number of carbonyl (C=O) groups excluding carboxylic acids is 1. The zero-order valence-electron chi connectivity index (χ0n) is 14.3. The number of likely N-dealkylation sites (tertiary alicyclic amines) is 1. The minimum Gasteiger partial charge on any atom is -0.508 e. The van der Waals surface area contributed by atoms with Crippen molar-refractivity contribution in [2.75, 3.05) is 19.6 Å². The Labute approximate surface area is 134 Å². The molecule has 122 valence electrons. The number of hydrogen-bond acceptors (Lipinski definition) is 3. The fourth-order valence-corrected chi connectivity index (χ4v) is 3.37. The fourth-order valence-electron chi connectivity index (χ4n) is 3.37. The van der Waals surface area contributed by atoms with Crippen molar-refractivity contribution in [2.24, 2.45) is 11.8 Å². The number of carbonyl (C=O) groups is 1. The van der Waals surface area contributed by atoms with Gasteiger partial charge in [0.1, 0.15) is 11.5 Å². The van der Waals surface area contributed by atoms with Crippen LogP contribution < -0.4 is 0 Å². The van der Waals surface area contributed by atoms with Crippen molar-refractivity contribution in [3.63, 3.8) is 0 Å². The topological polar surface area (TPSA) is 40.5 Å². The van der Waals surface area contributed by atoms with E-state index in [-0.39, 0.29) is 11.3 Å².